The highest BCUT2D eigenvalue weighted by atomic mass is 35.5. The maximum Gasteiger partial charge on any atom is 0.227 e. The predicted octanol–water partition coefficient (Wildman–Crippen LogP) is 3.97. The average Bonchev–Trinajstić information content (AvgIpc) is 2.59. The molecule has 0 aliphatic carbocycles. The Hall–Kier alpha value is -1.75. The summed E-state index contributed by atoms with van der Waals surface area (Å²) >= 11 is 11.9. The van der Waals surface area contributed by atoms with Crippen LogP contribution in [0.15, 0.2) is 48.5 Å². The van der Waals surface area contributed by atoms with E-state index in [0.717, 1.165) is 5.56 Å². The molecule has 0 spiro atoms. The molecule has 2 atom stereocenters. The van der Waals surface area contributed by atoms with Gasteiger partial charge in [-0.25, -0.2) is 0 Å². The molecule has 4 nitrogen and oxygen atoms in total. The molecular formula is C20H21Cl2NO3. The molecule has 1 amide bonds. The first kappa shape index (κ1) is 19.0. The number of rotatable bonds is 4. The second-order valence-corrected chi connectivity index (χ2v) is 7.69. The number of nitrogens with zero attached hydrogens (tertiary/aromatic N) is 1. The van der Waals surface area contributed by atoms with E-state index in [9.17, 15) is 9.90 Å². The molecule has 2 aromatic carbocycles. The van der Waals surface area contributed by atoms with E-state index in [1.54, 1.807) is 48.2 Å². The fraction of sp³-hybridized carbons (Fsp3) is 0.350. The van der Waals surface area contributed by atoms with Crippen LogP contribution in [0.3, 0.4) is 0 Å². The van der Waals surface area contributed by atoms with Crippen molar-refractivity contribution in [2.75, 3.05) is 13.1 Å². The minimum absolute atomic E-state index is 0.00233. The van der Waals surface area contributed by atoms with Crippen molar-refractivity contribution >= 4 is 29.1 Å². The number of benzene rings is 2. The third-order valence-electron chi connectivity index (χ3n) is 4.66. The lowest BCUT2D eigenvalue weighted by Crippen LogP contribution is -2.57. The Balaban J connectivity index is 1.68. The van der Waals surface area contributed by atoms with Gasteiger partial charge in [0.2, 0.25) is 5.91 Å². The van der Waals surface area contributed by atoms with Crippen molar-refractivity contribution in [2.24, 2.45) is 0 Å². The highest BCUT2D eigenvalue weighted by Crippen LogP contribution is 2.28. The molecular weight excluding hydrogens is 373 g/mol. The number of piperidine rings is 1. The molecule has 1 aliphatic rings. The largest absolute Gasteiger partial charge is 0.486 e. The average molecular weight is 394 g/mol. The molecule has 1 N–H and O–H groups in total. The van der Waals surface area contributed by atoms with Crippen LogP contribution in [0.5, 0.6) is 5.75 Å². The van der Waals surface area contributed by atoms with Crippen molar-refractivity contribution in [3.05, 3.63) is 64.1 Å². The molecule has 1 heterocycles. The number of aliphatic hydroxyl groups is 1. The summed E-state index contributed by atoms with van der Waals surface area (Å²) in [5.74, 6) is 0.581. The van der Waals surface area contributed by atoms with E-state index in [2.05, 4.69) is 0 Å². The van der Waals surface area contributed by atoms with Gasteiger partial charge in [-0.3, -0.25) is 4.79 Å². The van der Waals surface area contributed by atoms with Gasteiger partial charge in [-0.2, -0.15) is 0 Å². The number of halogens is 2. The van der Waals surface area contributed by atoms with Gasteiger partial charge in [0.05, 0.1) is 13.0 Å². The van der Waals surface area contributed by atoms with Crippen molar-refractivity contribution < 1.29 is 14.6 Å². The van der Waals surface area contributed by atoms with Gasteiger partial charge in [-0.05, 0) is 49.2 Å². The number of likely N-dealkylation sites (tertiary alicyclic amines) is 1. The van der Waals surface area contributed by atoms with Crippen molar-refractivity contribution in [1.29, 1.82) is 0 Å². The number of hydrogen-bond acceptors (Lipinski definition) is 3. The van der Waals surface area contributed by atoms with Crippen LogP contribution in [0.1, 0.15) is 18.9 Å². The van der Waals surface area contributed by atoms with Gasteiger partial charge >= 0.3 is 0 Å². The summed E-state index contributed by atoms with van der Waals surface area (Å²) in [6.45, 7) is 2.56. The first-order valence-electron chi connectivity index (χ1n) is 8.50. The zero-order valence-electron chi connectivity index (χ0n) is 14.5. The Morgan fingerprint density at radius 3 is 2.65 bits per heavy atom. The number of ether oxygens (including phenoxy) is 1. The van der Waals surface area contributed by atoms with Gasteiger partial charge in [0, 0.05) is 16.6 Å². The zero-order chi connectivity index (χ0) is 18.7. The number of hydrogen-bond donors (Lipinski definition) is 1. The fourth-order valence-electron chi connectivity index (χ4n) is 2.99. The van der Waals surface area contributed by atoms with Crippen LogP contribution in [0.2, 0.25) is 10.0 Å². The van der Waals surface area contributed by atoms with E-state index in [-0.39, 0.29) is 5.91 Å². The van der Waals surface area contributed by atoms with Crippen molar-refractivity contribution in [3.63, 3.8) is 0 Å². The van der Waals surface area contributed by atoms with Crippen LogP contribution in [-0.4, -0.2) is 40.7 Å². The first-order valence-corrected chi connectivity index (χ1v) is 9.26. The third-order valence-corrected chi connectivity index (χ3v) is 5.15. The van der Waals surface area contributed by atoms with Crippen LogP contribution >= 0.6 is 23.2 Å². The third kappa shape index (κ3) is 4.70. The molecule has 0 radical (unpaired) electrons. The minimum Gasteiger partial charge on any atom is -0.486 e. The molecule has 26 heavy (non-hydrogen) atoms. The quantitative estimate of drug-likeness (QED) is 0.854. The van der Waals surface area contributed by atoms with Crippen LogP contribution in [-0.2, 0) is 11.2 Å². The molecule has 1 saturated heterocycles. The molecule has 3 rings (SSSR count). The van der Waals surface area contributed by atoms with E-state index in [1.165, 1.54) is 0 Å². The molecule has 1 aliphatic heterocycles. The van der Waals surface area contributed by atoms with E-state index in [1.807, 2.05) is 12.1 Å². The van der Waals surface area contributed by atoms with Gasteiger partial charge < -0.3 is 14.7 Å². The summed E-state index contributed by atoms with van der Waals surface area (Å²) in [6, 6.07) is 14.3. The molecule has 1 fully saturated rings. The van der Waals surface area contributed by atoms with E-state index in [0.29, 0.717) is 41.7 Å². The number of amides is 1. The van der Waals surface area contributed by atoms with Gasteiger partial charge in [0.25, 0.3) is 0 Å². The topological polar surface area (TPSA) is 49.8 Å². The van der Waals surface area contributed by atoms with Gasteiger partial charge in [0.1, 0.15) is 17.5 Å². The molecule has 0 bridgehead atoms. The molecule has 0 aromatic heterocycles. The van der Waals surface area contributed by atoms with Crippen molar-refractivity contribution in [2.45, 2.75) is 31.5 Å². The van der Waals surface area contributed by atoms with Gasteiger partial charge in [-0.1, -0.05) is 41.4 Å². The lowest BCUT2D eigenvalue weighted by molar-refractivity contribution is -0.142. The molecule has 0 saturated carbocycles. The lowest BCUT2D eigenvalue weighted by atomic mass is 9.90. The van der Waals surface area contributed by atoms with E-state index >= 15 is 0 Å². The summed E-state index contributed by atoms with van der Waals surface area (Å²) in [6.07, 6.45) is 0.220. The maximum atomic E-state index is 12.7. The van der Waals surface area contributed by atoms with E-state index < -0.39 is 11.7 Å². The maximum absolute atomic E-state index is 12.7. The zero-order valence-corrected chi connectivity index (χ0v) is 16.0. The highest BCUT2D eigenvalue weighted by molar-refractivity contribution is 6.30. The fourth-order valence-corrected chi connectivity index (χ4v) is 3.30. The Kier molecular flexibility index (Phi) is 5.76. The second kappa shape index (κ2) is 7.87. The summed E-state index contributed by atoms with van der Waals surface area (Å²) in [7, 11) is 0. The van der Waals surface area contributed by atoms with Crippen LogP contribution in [0.25, 0.3) is 0 Å². The molecule has 138 valence electrons. The number of carbonyl (C=O) groups excluding carboxylic acids is 1. The summed E-state index contributed by atoms with van der Waals surface area (Å²) in [5.41, 5.74) is -0.108. The van der Waals surface area contributed by atoms with Gasteiger partial charge in [0.15, 0.2) is 0 Å². The van der Waals surface area contributed by atoms with Crippen LogP contribution < -0.4 is 4.74 Å². The first-order chi connectivity index (χ1) is 12.3. The smallest absolute Gasteiger partial charge is 0.227 e. The molecule has 0 unspecified atom stereocenters. The van der Waals surface area contributed by atoms with Crippen LogP contribution in [0.4, 0.5) is 0 Å². The Morgan fingerprint density at radius 1 is 1.23 bits per heavy atom. The normalized spacial score (nSPS) is 22.9. The summed E-state index contributed by atoms with van der Waals surface area (Å²) < 4.78 is 5.95. The Morgan fingerprint density at radius 2 is 1.96 bits per heavy atom. The molecule has 6 heteroatoms. The Labute approximate surface area is 163 Å². The van der Waals surface area contributed by atoms with Gasteiger partial charge in [-0.15, -0.1) is 0 Å². The monoisotopic (exact) mass is 393 g/mol. The number of carbonyl (C=O) groups is 1. The van der Waals surface area contributed by atoms with Crippen molar-refractivity contribution in [3.8, 4) is 5.75 Å². The lowest BCUT2D eigenvalue weighted by Gasteiger charge is -2.42. The predicted molar refractivity (Wildman–Crippen MR) is 103 cm³/mol. The summed E-state index contributed by atoms with van der Waals surface area (Å²) in [5, 5.41) is 11.9. The highest BCUT2D eigenvalue weighted by Gasteiger charge is 2.40. The van der Waals surface area contributed by atoms with Crippen LogP contribution in [0, 0.1) is 0 Å². The Bertz CT molecular complexity index is 777. The minimum atomic E-state index is -1.01. The second-order valence-electron chi connectivity index (χ2n) is 6.81. The SMILES string of the molecule is C[C@]1(O)CCN(C(=O)Cc2ccc(Cl)cc2)C[C@@H]1Oc1cccc(Cl)c1. The van der Waals surface area contributed by atoms with Crippen molar-refractivity contribution in [1.82, 2.24) is 4.90 Å². The standard InChI is InChI=1S/C20H21Cl2NO3/c1-20(25)9-10-23(19(24)11-14-5-7-15(21)8-6-14)13-18(20)26-17-4-2-3-16(22)12-17/h2-8,12,18,25H,9-11,13H2,1H3/t18-,20-/m0/s1. The molecule has 2 aromatic rings. The van der Waals surface area contributed by atoms with E-state index in [4.69, 9.17) is 27.9 Å². The summed E-state index contributed by atoms with van der Waals surface area (Å²) in [4.78, 5) is 14.4.